The minimum Gasteiger partial charge on any atom is -0.306 e. The van der Waals surface area contributed by atoms with Crippen LogP contribution in [-0.2, 0) is 0 Å². The van der Waals surface area contributed by atoms with Gasteiger partial charge in [-0.25, -0.2) is 0 Å². The third-order valence-electron chi connectivity index (χ3n) is 2.81. The van der Waals surface area contributed by atoms with Gasteiger partial charge in [-0.1, -0.05) is 37.5 Å². The molecule has 0 spiro atoms. The summed E-state index contributed by atoms with van der Waals surface area (Å²) >= 11 is 0. The van der Waals surface area contributed by atoms with Gasteiger partial charge in [-0.3, -0.25) is 4.98 Å². The van der Waals surface area contributed by atoms with Crippen molar-refractivity contribution in [3.63, 3.8) is 0 Å². The summed E-state index contributed by atoms with van der Waals surface area (Å²) in [7, 11) is 0. The molecular weight excluding hydrogens is 208 g/mol. The molecule has 0 saturated carbocycles. The van der Waals surface area contributed by atoms with E-state index in [-0.39, 0.29) is 0 Å². The first-order chi connectivity index (χ1) is 8.24. The fourth-order valence-corrected chi connectivity index (χ4v) is 1.78. The van der Waals surface area contributed by atoms with E-state index in [2.05, 4.69) is 43.2 Å². The number of hydrogen-bond donors (Lipinski definition) is 1. The van der Waals surface area contributed by atoms with Crippen molar-refractivity contribution in [2.24, 2.45) is 0 Å². The molecule has 1 heterocycles. The minimum atomic E-state index is 0.430. The zero-order chi connectivity index (χ0) is 12.5. The lowest BCUT2D eigenvalue weighted by atomic mass is 10.0. The summed E-state index contributed by atoms with van der Waals surface area (Å²) in [6, 6.07) is 4.60. The van der Waals surface area contributed by atoms with Gasteiger partial charge in [0.15, 0.2) is 0 Å². The van der Waals surface area contributed by atoms with Gasteiger partial charge >= 0.3 is 0 Å². The van der Waals surface area contributed by atoms with Crippen LogP contribution in [0.3, 0.4) is 0 Å². The summed E-state index contributed by atoms with van der Waals surface area (Å²) in [5.74, 6) is 0. The molecule has 1 unspecified atom stereocenters. The van der Waals surface area contributed by atoms with Crippen molar-refractivity contribution in [3.05, 3.63) is 41.7 Å². The summed E-state index contributed by atoms with van der Waals surface area (Å²) in [4.78, 5) is 4.20. The molecule has 0 aliphatic rings. The second-order valence-electron chi connectivity index (χ2n) is 4.67. The lowest BCUT2D eigenvalue weighted by Crippen LogP contribution is -2.21. The number of nitrogens with zero attached hydrogens (tertiary/aromatic N) is 1. The Hall–Kier alpha value is -1.15. The van der Waals surface area contributed by atoms with E-state index >= 15 is 0 Å². The molecule has 0 aliphatic heterocycles. The van der Waals surface area contributed by atoms with Crippen LogP contribution in [0.5, 0.6) is 0 Å². The topological polar surface area (TPSA) is 24.9 Å². The molecule has 0 fully saturated rings. The van der Waals surface area contributed by atoms with Gasteiger partial charge in [-0.05, 0) is 31.9 Å². The van der Waals surface area contributed by atoms with Crippen LogP contribution in [0.25, 0.3) is 0 Å². The normalized spacial score (nSPS) is 12.2. The Morgan fingerprint density at radius 2 is 2.29 bits per heavy atom. The zero-order valence-electron chi connectivity index (χ0n) is 11.2. The first-order valence-corrected chi connectivity index (χ1v) is 6.50. The van der Waals surface area contributed by atoms with Crippen molar-refractivity contribution >= 4 is 0 Å². The van der Waals surface area contributed by atoms with E-state index in [9.17, 15) is 0 Å². The van der Waals surface area contributed by atoms with Crippen LogP contribution in [0.2, 0.25) is 0 Å². The Morgan fingerprint density at radius 1 is 1.47 bits per heavy atom. The highest BCUT2D eigenvalue weighted by molar-refractivity contribution is 5.14. The molecule has 0 aliphatic carbocycles. The number of rotatable bonds is 7. The van der Waals surface area contributed by atoms with E-state index < -0.39 is 0 Å². The third-order valence-corrected chi connectivity index (χ3v) is 2.81. The van der Waals surface area contributed by atoms with Crippen molar-refractivity contribution in [1.82, 2.24) is 10.3 Å². The SMILES string of the molecule is CCCCC(NCC=C(C)C)c1cccnc1. The van der Waals surface area contributed by atoms with E-state index in [4.69, 9.17) is 0 Å². The molecule has 94 valence electrons. The predicted molar refractivity (Wildman–Crippen MR) is 73.9 cm³/mol. The molecule has 2 heteroatoms. The minimum absolute atomic E-state index is 0.430. The lowest BCUT2D eigenvalue weighted by Gasteiger charge is -2.17. The quantitative estimate of drug-likeness (QED) is 0.722. The fraction of sp³-hybridized carbons (Fsp3) is 0.533. The van der Waals surface area contributed by atoms with Gasteiger partial charge in [-0.2, -0.15) is 0 Å². The Labute approximate surface area is 105 Å². The highest BCUT2D eigenvalue weighted by Gasteiger charge is 2.09. The molecule has 17 heavy (non-hydrogen) atoms. The monoisotopic (exact) mass is 232 g/mol. The number of unbranched alkanes of at least 4 members (excludes halogenated alkanes) is 1. The maximum Gasteiger partial charge on any atom is 0.0338 e. The van der Waals surface area contributed by atoms with Crippen molar-refractivity contribution in [2.45, 2.75) is 46.1 Å². The molecule has 1 aromatic rings. The molecule has 0 bridgehead atoms. The van der Waals surface area contributed by atoms with E-state index in [1.54, 1.807) is 0 Å². The largest absolute Gasteiger partial charge is 0.306 e. The van der Waals surface area contributed by atoms with Gasteiger partial charge in [0.25, 0.3) is 0 Å². The number of aromatic nitrogens is 1. The summed E-state index contributed by atoms with van der Waals surface area (Å²) in [6.45, 7) is 7.43. The van der Waals surface area contributed by atoms with Gasteiger partial charge in [0.1, 0.15) is 0 Å². The van der Waals surface area contributed by atoms with Crippen LogP contribution >= 0.6 is 0 Å². The summed E-state index contributed by atoms with van der Waals surface area (Å²) in [5, 5.41) is 3.59. The smallest absolute Gasteiger partial charge is 0.0338 e. The summed E-state index contributed by atoms with van der Waals surface area (Å²) in [6.07, 6.45) is 9.70. The highest BCUT2D eigenvalue weighted by Crippen LogP contribution is 2.18. The number of nitrogens with one attached hydrogen (secondary N) is 1. The van der Waals surface area contributed by atoms with Crippen molar-refractivity contribution in [1.29, 1.82) is 0 Å². The molecule has 2 nitrogen and oxygen atoms in total. The average Bonchev–Trinajstić information content (AvgIpc) is 2.34. The number of allylic oxidation sites excluding steroid dienone is 1. The Morgan fingerprint density at radius 3 is 2.88 bits per heavy atom. The van der Waals surface area contributed by atoms with Gasteiger partial charge in [-0.15, -0.1) is 0 Å². The third kappa shape index (κ3) is 5.64. The van der Waals surface area contributed by atoms with Gasteiger partial charge in [0.05, 0.1) is 0 Å². The van der Waals surface area contributed by atoms with Gasteiger partial charge in [0, 0.05) is 25.0 Å². The van der Waals surface area contributed by atoms with Crippen molar-refractivity contribution in [3.8, 4) is 0 Å². The number of pyridine rings is 1. The van der Waals surface area contributed by atoms with Crippen LogP contribution in [0.15, 0.2) is 36.2 Å². The van der Waals surface area contributed by atoms with E-state index in [1.165, 1.54) is 30.4 Å². The molecule has 0 amide bonds. The number of hydrogen-bond acceptors (Lipinski definition) is 2. The molecule has 1 aromatic heterocycles. The molecule has 1 N–H and O–H groups in total. The van der Waals surface area contributed by atoms with Crippen LogP contribution in [0.4, 0.5) is 0 Å². The predicted octanol–water partition coefficient (Wildman–Crippen LogP) is 3.87. The maximum atomic E-state index is 4.20. The summed E-state index contributed by atoms with van der Waals surface area (Å²) in [5.41, 5.74) is 2.65. The van der Waals surface area contributed by atoms with Crippen molar-refractivity contribution < 1.29 is 0 Å². The lowest BCUT2D eigenvalue weighted by molar-refractivity contribution is 0.503. The Balaban J connectivity index is 2.57. The second-order valence-corrected chi connectivity index (χ2v) is 4.67. The van der Waals surface area contributed by atoms with Gasteiger partial charge < -0.3 is 5.32 Å². The molecule has 1 atom stereocenters. The van der Waals surface area contributed by atoms with Crippen LogP contribution in [0, 0.1) is 0 Å². The fourth-order valence-electron chi connectivity index (χ4n) is 1.78. The highest BCUT2D eigenvalue weighted by atomic mass is 14.9. The second kappa shape index (κ2) is 8.02. The first kappa shape index (κ1) is 13.9. The molecule has 0 aromatic carbocycles. The molecule has 0 saturated heterocycles. The van der Waals surface area contributed by atoms with Crippen LogP contribution < -0.4 is 5.32 Å². The summed E-state index contributed by atoms with van der Waals surface area (Å²) < 4.78 is 0. The molecule has 1 rings (SSSR count). The zero-order valence-corrected chi connectivity index (χ0v) is 11.2. The van der Waals surface area contributed by atoms with E-state index in [1.807, 2.05) is 18.5 Å². The average molecular weight is 232 g/mol. The Kier molecular flexibility index (Phi) is 6.56. The van der Waals surface area contributed by atoms with Crippen LogP contribution in [-0.4, -0.2) is 11.5 Å². The first-order valence-electron chi connectivity index (χ1n) is 6.50. The van der Waals surface area contributed by atoms with E-state index in [0.29, 0.717) is 6.04 Å². The Bertz CT molecular complexity index is 326. The molecule has 0 radical (unpaired) electrons. The van der Waals surface area contributed by atoms with Crippen LogP contribution in [0.1, 0.15) is 51.6 Å². The van der Waals surface area contributed by atoms with Gasteiger partial charge in [0.2, 0.25) is 0 Å². The maximum absolute atomic E-state index is 4.20. The molecular formula is C15H24N2. The standard InChI is InChI=1S/C15H24N2/c1-4-5-8-15(17-11-9-13(2)3)14-7-6-10-16-12-14/h6-7,9-10,12,15,17H,4-5,8,11H2,1-3H3. The van der Waals surface area contributed by atoms with E-state index in [0.717, 1.165) is 6.54 Å². The van der Waals surface area contributed by atoms with Crippen molar-refractivity contribution in [2.75, 3.05) is 6.54 Å².